The fourth-order valence-corrected chi connectivity index (χ4v) is 5.79. The molecule has 0 amide bonds. The minimum Gasteiger partial charge on any atom is -0.459 e. The van der Waals surface area contributed by atoms with Crippen molar-refractivity contribution in [3.8, 4) is 0 Å². The summed E-state index contributed by atoms with van der Waals surface area (Å²) >= 11 is 6.06. The zero-order chi connectivity index (χ0) is 24.5. The number of hydrogen-bond donors (Lipinski definition) is 1. The quantitative estimate of drug-likeness (QED) is 0.480. The van der Waals surface area contributed by atoms with Crippen LogP contribution in [-0.2, 0) is 14.3 Å². The number of ether oxygens (including phenoxy) is 1. The maximum atomic E-state index is 13.8. The van der Waals surface area contributed by atoms with Gasteiger partial charge in [0.05, 0.1) is 5.57 Å². The summed E-state index contributed by atoms with van der Waals surface area (Å²) in [5.74, 6) is -1.33. The lowest BCUT2D eigenvalue weighted by atomic mass is 9.71. The number of rotatable bonds is 4. The lowest BCUT2D eigenvalue weighted by Crippen LogP contribution is -2.37. The molecule has 3 aliphatic rings. The molecule has 2 aliphatic carbocycles. The normalized spacial score (nSPS) is 23.1. The van der Waals surface area contributed by atoms with Gasteiger partial charge in [0.2, 0.25) is 0 Å². The number of benzene rings is 2. The van der Waals surface area contributed by atoms with Gasteiger partial charge in [-0.1, -0.05) is 42.3 Å². The third-order valence-electron chi connectivity index (χ3n) is 7.42. The minimum atomic E-state index is -0.582. The van der Waals surface area contributed by atoms with Crippen molar-refractivity contribution in [3.05, 3.63) is 93.0 Å². The smallest absolute Gasteiger partial charge is 0.337 e. The predicted molar refractivity (Wildman–Crippen MR) is 133 cm³/mol. The lowest BCUT2D eigenvalue weighted by molar-refractivity contribution is -0.146. The highest BCUT2D eigenvalue weighted by Crippen LogP contribution is 2.46. The number of allylic oxidation sites excluding steroid dienone is 3. The Morgan fingerprint density at radius 3 is 2.31 bits per heavy atom. The molecule has 2 aromatic rings. The fourth-order valence-electron chi connectivity index (χ4n) is 5.67. The summed E-state index contributed by atoms with van der Waals surface area (Å²) in [5.41, 5.74) is 4.31. The number of nitrogens with one attached hydrogen (secondary N) is 1. The number of hydrogen-bond acceptors (Lipinski definition) is 4. The lowest BCUT2D eigenvalue weighted by Gasteiger charge is -2.37. The van der Waals surface area contributed by atoms with E-state index in [-0.39, 0.29) is 23.6 Å². The van der Waals surface area contributed by atoms with Crippen molar-refractivity contribution in [3.63, 3.8) is 0 Å². The summed E-state index contributed by atoms with van der Waals surface area (Å²) in [6, 6.07) is 13.7. The number of dihydropyridines is 1. The van der Waals surface area contributed by atoms with Crippen molar-refractivity contribution >= 4 is 23.4 Å². The fraction of sp³-hybridized carbons (Fsp3) is 0.379. The Balaban J connectivity index is 1.51. The molecule has 1 heterocycles. The van der Waals surface area contributed by atoms with Crippen LogP contribution in [0.3, 0.4) is 0 Å². The van der Waals surface area contributed by atoms with Gasteiger partial charge in [-0.25, -0.2) is 9.18 Å². The first kappa shape index (κ1) is 23.8. The molecule has 1 N–H and O–H groups in total. The molecule has 0 aromatic heterocycles. The zero-order valence-electron chi connectivity index (χ0n) is 19.8. The Morgan fingerprint density at radius 1 is 0.971 bits per heavy atom. The number of carbonyl (C=O) groups is 2. The number of ketones is 1. The summed E-state index contributed by atoms with van der Waals surface area (Å²) in [7, 11) is 0. The maximum Gasteiger partial charge on any atom is 0.337 e. The third kappa shape index (κ3) is 4.92. The van der Waals surface area contributed by atoms with Crippen molar-refractivity contribution in [1.82, 2.24) is 5.32 Å². The van der Waals surface area contributed by atoms with E-state index in [0.717, 1.165) is 43.4 Å². The number of Topliss-reactive ketones (excluding diaryl/α,β-unsaturated/α-hetero) is 1. The van der Waals surface area contributed by atoms with Crippen molar-refractivity contribution < 1.29 is 18.7 Å². The molecule has 0 saturated heterocycles. The Bertz CT molecular complexity index is 1190. The van der Waals surface area contributed by atoms with Gasteiger partial charge < -0.3 is 10.1 Å². The van der Waals surface area contributed by atoms with E-state index < -0.39 is 11.9 Å². The van der Waals surface area contributed by atoms with E-state index in [1.165, 1.54) is 12.1 Å². The highest BCUT2D eigenvalue weighted by atomic mass is 35.5. The van der Waals surface area contributed by atoms with E-state index in [9.17, 15) is 14.0 Å². The van der Waals surface area contributed by atoms with E-state index in [4.69, 9.17) is 16.3 Å². The molecule has 1 fully saturated rings. The molecule has 0 unspecified atom stereocenters. The van der Waals surface area contributed by atoms with Gasteiger partial charge in [-0.2, -0.15) is 0 Å². The maximum absolute atomic E-state index is 13.8. The van der Waals surface area contributed by atoms with Crippen LogP contribution in [0.5, 0.6) is 0 Å². The third-order valence-corrected chi connectivity index (χ3v) is 7.67. The van der Waals surface area contributed by atoms with Gasteiger partial charge in [-0.05, 0) is 80.3 Å². The van der Waals surface area contributed by atoms with Crippen molar-refractivity contribution in [2.45, 2.75) is 69.8 Å². The van der Waals surface area contributed by atoms with Crippen LogP contribution in [0.25, 0.3) is 0 Å². The molecule has 1 saturated carbocycles. The second-order valence-electron chi connectivity index (χ2n) is 9.79. The van der Waals surface area contributed by atoms with E-state index in [1.54, 1.807) is 12.1 Å². The monoisotopic (exact) mass is 493 g/mol. The Morgan fingerprint density at radius 2 is 1.63 bits per heavy atom. The summed E-state index contributed by atoms with van der Waals surface area (Å²) < 4.78 is 19.7. The summed E-state index contributed by atoms with van der Waals surface area (Å²) in [5, 5.41) is 4.03. The van der Waals surface area contributed by atoms with Gasteiger partial charge in [-0.15, -0.1) is 0 Å². The van der Waals surface area contributed by atoms with Crippen LogP contribution in [0.15, 0.2) is 71.1 Å². The molecule has 1 aliphatic heterocycles. The molecular weight excluding hydrogens is 465 g/mol. The van der Waals surface area contributed by atoms with Crippen LogP contribution in [0.2, 0.25) is 5.02 Å². The van der Waals surface area contributed by atoms with Crippen LogP contribution in [-0.4, -0.2) is 17.9 Å². The average molecular weight is 494 g/mol. The first-order valence-electron chi connectivity index (χ1n) is 12.4. The van der Waals surface area contributed by atoms with Crippen LogP contribution in [0, 0.1) is 5.82 Å². The summed E-state index contributed by atoms with van der Waals surface area (Å²) in [6.07, 6.45) is 5.87. The zero-order valence-corrected chi connectivity index (χ0v) is 20.5. The first-order valence-corrected chi connectivity index (χ1v) is 12.7. The summed E-state index contributed by atoms with van der Waals surface area (Å²) in [6.45, 7) is 1.86. The molecular formula is C29H29ClFNO3. The molecule has 0 radical (unpaired) electrons. The second kappa shape index (κ2) is 9.98. The van der Waals surface area contributed by atoms with Crippen LogP contribution < -0.4 is 5.32 Å². The van der Waals surface area contributed by atoms with Crippen LogP contribution in [0.4, 0.5) is 4.39 Å². The number of carbonyl (C=O) groups excluding carboxylic acids is 2. The van der Waals surface area contributed by atoms with Crippen molar-refractivity contribution in [2.24, 2.45) is 0 Å². The molecule has 35 heavy (non-hydrogen) atoms. The molecule has 182 valence electrons. The molecule has 2 atom stereocenters. The minimum absolute atomic E-state index is 0.0107. The van der Waals surface area contributed by atoms with Crippen LogP contribution >= 0.6 is 11.6 Å². The second-order valence-corrected chi connectivity index (χ2v) is 10.2. The van der Waals surface area contributed by atoms with E-state index in [1.807, 2.05) is 31.2 Å². The Kier molecular flexibility index (Phi) is 6.79. The molecule has 6 heteroatoms. The van der Waals surface area contributed by atoms with Gasteiger partial charge >= 0.3 is 5.97 Å². The molecule has 0 bridgehead atoms. The van der Waals surface area contributed by atoms with E-state index in [2.05, 4.69) is 5.32 Å². The standard InChI is InChI=1S/C29H29ClFNO3/c1-17-26(29(34)35-23-5-3-2-4-6-23)27(19-9-13-22(31)14-10-19)28-24(32-17)15-20(16-25(28)33)18-7-11-21(30)12-8-18/h7-14,20,23,27,32H,2-6,15-16H2,1H3/t20-,27+/m0/s1. The van der Waals surface area contributed by atoms with Gasteiger partial charge in [-0.3, -0.25) is 4.79 Å². The molecule has 0 spiro atoms. The van der Waals surface area contributed by atoms with Crippen molar-refractivity contribution in [2.75, 3.05) is 0 Å². The topological polar surface area (TPSA) is 55.4 Å². The van der Waals surface area contributed by atoms with E-state index in [0.29, 0.717) is 40.3 Å². The van der Waals surface area contributed by atoms with Gasteiger partial charge in [0.25, 0.3) is 0 Å². The first-order chi connectivity index (χ1) is 16.9. The van der Waals surface area contributed by atoms with Crippen LogP contribution in [0.1, 0.15) is 74.8 Å². The van der Waals surface area contributed by atoms with E-state index >= 15 is 0 Å². The predicted octanol–water partition coefficient (Wildman–Crippen LogP) is 6.72. The highest BCUT2D eigenvalue weighted by molar-refractivity contribution is 6.30. The van der Waals surface area contributed by atoms with Gasteiger partial charge in [0.15, 0.2) is 5.78 Å². The number of esters is 1. The average Bonchev–Trinajstić information content (AvgIpc) is 2.84. The largest absolute Gasteiger partial charge is 0.459 e. The molecule has 2 aromatic carbocycles. The SMILES string of the molecule is CC1=C(C(=O)OC2CCCCC2)[C@@H](c2ccc(F)cc2)C2=C(C[C@H](c3ccc(Cl)cc3)CC2=O)N1. The molecule has 5 rings (SSSR count). The Labute approximate surface area is 210 Å². The van der Waals surface area contributed by atoms with Crippen molar-refractivity contribution in [1.29, 1.82) is 0 Å². The number of halogens is 2. The highest BCUT2D eigenvalue weighted by Gasteiger charge is 2.41. The van der Waals surface area contributed by atoms with Gasteiger partial charge in [0, 0.05) is 34.3 Å². The van der Waals surface area contributed by atoms with Gasteiger partial charge in [0.1, 0.15) is 11.9 Å². The summed E-state index contributed by atoms with van der Waals surface area (Å²) in [4.78, 5) is 27.1. The molecule has 4 nitrogen and oxygen atoms in total. The Hall–Kier alpha value is -2.92.